The Morgan fingerprint density at radius 1 is 0.795 bits per heavy atom. The molecular weight excluding hydrogens is 492 g/mol. The zero-order valence-electron chi connectivity index (χ0n) is 25.2. The number of hydrogen-bond donors (Lipinski definition) is 0. The van der Waals surface area contributed by atoms with E-state index in [1.54, 1.807) is 26.2 Å². The maximum atomic E-state index is 12.7. The lowest BCUT2D eigenvalue weighted by molar-refractivity contribution is -0.122. The molecule has 214 valence electrons. The number of carbonyl (C=O) groups is 5. The molecule has 6 heteroatoms. The van der Waals surface area contributed by atoms with Gasteiger partial charge < -0.3 is 14.3 Å². The highest BCUT2D eigenvalue weighted by atomic mass is 16.5. The molecule has 2 aromatic rings. The first-order valence-electron chi connectivity index (χ1n) is 13.9. The van der Waals surface area contributed by atoms with Crippen LogP contribution in [-0.4, -0.2) is 36.0 Å². The van der Waals surface area contributed by atoms with Crippen molar-refractivity contribution < 1.29 is 28.7 Å². The molecule has 2 unspecified atom stereocenters. The molecule has 0 spiro atoms. The van der Waals surface area contributed by atoms with Crippen LogP contribution in [0.2, 0.25) is 0 Å². The van der Waals surface area contributed by atoms with Gasteiger partial charge in [0.25, 0.3) is 0 Å². The predicted molar refractivity (Wildman–Crippen MR) is 157 cm³/mol. The van der Waals surface area contributed by atoms with Crippen LogP contribution in [0.15, 0.2) is 42.5 Å². The second-order valence-electron chi connectivity index (χ2n) is 8.87. The summed E-state index contributed by atoms with van der Waals surface area (Å²) >= 11 is 0. The maximum absolute atomic E-state index is 12.7. The molecule has 0 heterocycles. The Morgan fingerprint density at radius 3 is 1.87 bits per heavy atom. The molecule has 0 radical (unpaired) electrons. The van der Waals surface area contributed by atoms with E-state index >= 15 is 0 Å². The number of ketones is 5. The number of methoxy groups -OCH3 is 1. The molecule has 0 N–H and O–H groups in total. The minimum atomic E-state index is -0.959. The summed E-state index contributed by atoms with van der Waals surface area (Å²) in [7, 11) is 1.65. The van der Waals surface area contributed by atoms with Gasteiger partial charge in [-0.25, -0.2) is 0 Å². The molecule has 0 saturated heterocycles. The molecule has 1 aliphatic rings. The number of Topliss-reactive ketones (excluding diaryl/α,β-unsaturated/α-hetero) is 5. The Kier molecular flexibility index (Phi) is 17.1. The van der Waals surface area contributed by atoms with Crippen molar-refractivity contribution in [2.24, 2.45) is 11.8 Å². The van der Waals surface area contributed by atoms with Crippen molar-refractivity contribution in [1.29, 1.82) is 0 Å². The highest BCUT2D eigenvalue weighted by Crippen LogP contribution is 2.36. The van der Waals surface area contributed by atoms with E-state index in [4.69, 9.17) is 4.74 Å². The number of hydrogen-bond acceptors (Lipinski definition) is 6. The lowest BCUT2D eigenvalue weighted by Gasteiger charge is -2.18. The third-order valence-electron chi connectivity index (χ3n) is 6.28. The van der Waals surface area contributed by atoms with E-state index in [0.717, 1.165) is 23.3 Å². The first-order valence-corrected chi connectivity index (χ1v) is 13.9. The van der Waals surface area contributed by atoms with Crippen molar-refractivity contribution in [3.63, 3.8) is 0 Å². The van der Waals surface area contributed by atoms with Crippen LogP contribution in [0.4, 0.5) is 0 Å². The number of ether oxygens (including phenoxy) is 1. The molecule has 0 amide bonds. The largest absolute Gasteiger partial charge is 0.496 e. The summed E-state index contributed by atoms with van der Waals surface area (Å²) in [6.07, 6.45) is 2.47. The first kappa shape index (κ1) is 35.6. The highest BCUT2D eigenvalue weighted by Gasteiger charge is 2.45. The smallest absolute Gasteiger partial charge is 0.175 e. The molecular formula is C33H46O6. The fourth-order valence-electron chi connectivity index (χ4n) is 4.38. The van der Waals surface area contributed by atoms with Gasteiger partial charge in [0.05, 0.1) is 13.0 Å². The van der Waals surface area contributed by atoms with Crippen LogP contribution < -0.4 is 4.74 Å². The Bertz CT molecular complexity index is 1110. The summed E-state index contributed by atoms with van der Waals surface area (Å²) in [4.78, 5) is 59.2. The quantitative estimate of drug-likeness (QED) is 0.300. The van der Waals surface area contributed by atoms with Crippen LogP contribution in [0.3, 0.4) is 0 Å². The minimum Gasteiger partial charge on any atom is -0.496 e. The number of carbonyl (C=O) groups excluding carboxylic acids is 5. The van der Waals surface area contributed by atoms with E-state index in [1.165, 1.54) is 13.8 Å². The second-order valence-corrected chi connectivity index (χ2v) is 8.87. The van der Waals surface area contributed by atoms with Gasteiger partial charge in [0.1, 0.15) is 23.1 Å². The fraction of sp³-hybridized carbons (Fsp3) is 0.485. The summed E-state index contributed by atoms with van der Waals surface area (Å²) in [6.45, 7) is 14.4. The molecule has 2 aromatic carbocycles. The van der Waals surface area contributed by atoms with Gasteiger partial charge in [-0.3, -0.25) is 14.4 Å². The normalized spacial score (nSPS) is 13.8. The lowest BCUT2D eigenvalue weighted by atomic mass is 9.81. The summed E-state index contributed by atoms with van der Waals surface area (Å²) in [5.74, 6) is -1.38. The van der Waals surface area contributed by atoms with E-state index in [0.29, 0.717) is 24.0 Å². The van der Waals surface area contributed by atoms with E-state index in [2.05, 4.69) is 0 Å². The minimum absolute atomic E-state index is 0.0455. The number of fused-ring (bicyclic) bond motifs is 1. The Hall–Kier alpha value is -3.41. The monoisotopic (exact) mass is 538 g/mol. The van der Waals surface area contributed by atoms with E-state index < -0.39 is 11.8 Å². The van der Waals surface area contributed by atoms with Crippen LogP contribution in [0, 0.1) is 11.8 Å². The van der Waals surface area contributed by atoms with Crippen LogP contribution in [0.25, 0.3) is 0 Å². The molecule has 0 bridgehead atoms. The molecule has 0 fully saturated rings. The van der Waals surface area contributed by atoms with Gasteiger partial charge in [0.2, 0.25) is 0 Å². The summed E-state index contributed by atoms with van der Waals surface area (Å²) in [5.41, 5.74) is 2.82. The fourth-order valence-corrected chi connectivity index (χ4v) is 4.38. The number of rotatable bonds is 10. The van der Waals surface area contributed by atoms with E-state index in [1.807, 2.05) is 65.0 Å². The van der Waals surface area contributed by atoms with Gasteiger partial charge >= 0.3 is 0 Å². The Balaban J connectivity index is 0.000000725. The Morgan fingerprint density at radius 2 is 1.36 bits per heavy atom. The van der Waals surface area contributed by atoms with E-state index in [-0.39, 0.29) is 41.8 Å². The van der Waals surface area contributed by atoms with Gasteiger partial charge in [-0.2, -0.15) is 0 Å². The zero-order valence-corrected chi connectivity index (χ0v) is 25.2. The molecule has 1 aliphatic carbocycles. The van der Waals surface area contributed by atoms with Crippen LogP contribution in [0.1, 0.15) is 106 Å². The molecule has 0 aromatic heterocycles. The number of aryl methyl sites for hydroxylation is 2. The maximum Gasteiger partial charge on any atom is 0.175 e. The molecule has 3 rings (SSSR count). The third kappa shape index (κ3) is 10.3. The topological polar surface area (TPSA) is 94.6 Å². The first-order chi connectivity index (χ1) is 18.6. The van der Waals surface area contributed by atoms with E-state index in [9.17, 15) is 24.0 Å². The summed E-state index contributed by atoms with van der Waals surface area (Å²) in [5, 5.41) is 0. The Labute approximate surface area is 234 Å². The number of para-hydroxylation sites is 1. The van der Waals surface area contributed by atoms with Gasteiger partial charge in [0.15, 0.2) is 11.6 Å². The van der Waals surface area contributed by atoms with Crippen molar-refractivity contribution in [2.45, 2.75) is 87.5 Å². The van der Waals surface area contributed by atoms with Crippen LogP contribution in [0.5, 0.6) is 5.75 Å². The van der Waals surface area contributed by atoms with Crippen molar-refractivity contribution in [3.05, 3.63) is 64.7 Å². The third-order valence-corrected chi connectivity index (χ3v) is 6.28. The SMILES string of the molecule is CC.CC.CCc1cccc2c1C(=O)C(C(CCC(C)=O)C(C)=O)C2=O.COc1ccccc1CCC(C)=O. The lowest BCUT2D eigenvalue weighted by Crippen LogP contribution is -2.30. The van der Waals surface area contributed by atoms with Gasteiger partial charge in [-0.1, -0.05) is 71.0 Å². The van der Waals surface area contributed by atoms with Gasteiger partial charge in [-0.05, 0) is 57.2 Å². The van der Waals surface area contributed by atoms with Crippen LogP contribution in [-0.2, 0) is 27.2 Å². The summed E-state index contributed by atoms with van der Waals surface area (Å²) in [6, 6.07) is 13.0. The average Bonchev–Trinajstić information content (AvgIpc) is 3.19. The second kappa shape index (κ2) is 18.8. The average molecular weight is 539 g/mol. The van der Waals surface area contributed by atoms with Crippen molar-refractivity contribution in [3.8, 4) is 5.75 Å². The molecule has 6 nitrogen and oxygen atoms in total. The zero-order chi connectivity index (χ0) is 30.1. The molecule has 0 saturated carbocycles. The standard InChI is InChI=1S/C18H20O4.C11H14O2.2C2H6/c1-4-12-6-5-7-14-15(12)18(22)16(17(14)21)13(11(3)20)9-8-10(2)19;1-9(12)7-8-10-5-3-4-6-11(10)13-2;2*1-2/h5-7,13,16H,4,8-9H2,1-3H3;3-6H,7-8H2,1-2H3;2*1-2H3. The number of benzene rings is 2. The highest BCUT2D eigenvalue weighted by molar-refractivity contribution is 6.28. The molecule has 2 atom stereocenters. The molecule has 39 heavy (non-hydrogen) atoms. The van der Waals surface area contributed by atoms with Gasteiger partial charge in [0, 0.05) is 29.9 Å². The molecule has 0 aliphatic heterocycles. The van der Waals surface area contributed by atoms with Crippen LogP contribution >= 0.6 is 0 Å². The van der Waals surface area contributed by atoms with Gasteiger partial charge in [-0.15, -0.1) is 0 Å². The van der Waals surface area contributed by atoms with Crippen molar-refractivity contribution >= 4 is 28.9 Å². The summed E-state index contributed by atoms with van der Waals surface area (Å²) < 4.78 is 5.17. The van der Waals surface area contributed by atoms with Crippen molar-refractivity contribution in [2.75, 3.05) is 7.11 Å². The predicted octanol–water partition coefficient (Wildman–Crippen LogP) is 7.09. The van der Waals surface area contributed by atoms with Crippen molar-refractivity contribution in [1.82, 2.24) is 0 Å².